The molecule has 0 atom stereocenters. The van der Waals surface area contributed by atoms with Crippen molar-refractivity contribution in [3.05, 3.63) is 46.4 Å². The fourth-order valence-electron chi connectivity index (χ4n) is 2.60. The molecule has 0 aliphatic carbocycles. The highest BCUT2D eigenvalue weighted by atomic mass is 32.1. The molecule has 0 spiro atoms. The average Bonchev–Trinajstić information content (AvgIpc) is 3.11. The summed E-state index contributed by atoms with van der Waals surface area (Å²) in [4.78, 5) is 20.2. The van der Waals surface area contributed by atoms with Crippen molar-refractivity contribution < 1.29 is 9.53 Å². The SMILES string of the molecule is CC(C)(NC(=O)c1cncc(N2CCOCC2)c1)c1cccs1. The van der Waals surface area contributed by atoms with Gasteiger partial charge in [0.2, 0.25) is 0 Å². The van der Waals surface area contributed by atoms with Crippen LogP contribution in [-0.2, 0) is 10.3 Å². The van der Waals surface area contributed by atoms with Gasteiger partial charge in [-0.25, -0.2) is 0 Å². The molecule has 0 saturated carbocycles. The van der Waals surface area contributed by atoms with Gasteiger partial charge < -0.3 is 15.0 Å². The molecule has 1 saturated heterocycles. The number of hydrogen-bond acceptors (Lipinski definition) is 5. The molecule has 3 heterocycles. The molecule has 1 fully saturated rings. The average molecular weight is 331 g/mol. The van der Waals surface area contributed by atoms with Crippen LogP contribution in [0.5, 0.6) is 0 Å². The Morgan fingerprint density at radius 1 is 1.35 bits per heavy atom. The standard InChI is InChI=1S/C17H21N3O2S/c1-17(2,15-4-3-9-23-15)19-16(21)13-10-14(12-18-11-13)20-5-7-22-8-6-20/h3-4,9-12H,5-8H2,1-2H3,(H,19,21). The zero-order valence-electron chi connectivity index (χ0n) is 13.4. The summed E-state index contributed by atoms with van der Waals surface area (Å²) in [5, 5.41) is 5.11. The smallest absolute Gasteiger partial charge is 0.253 e. The van der Waals surface area contributed by atoms with Crippen LogP contribution in [0.4, 0.5) is 5.69 Å². The van der Waals surface area contributed by atoms with Crippen LogP contribution in [0.25, 0.3) is 0 Å². The quantitative estimate of drug-likeness (QED) is 0.936. The summed E-state index contributed by atoms with van der Waals surface area (Å²) < 4.78 is 5.37. The van der Waals surface area contributed by atoms with Crippen molar-refractivity contribution in [2.45, 2.75) is 19.4 Å². The van der Waals surface area contributed by atoms with Crippen LogP contribution in [0, 0.1) is 0 Å². The van der Waals surface area contributed by atoms with E-state index < -0.39 is 5.54 Å². The Morgan fingerprint density at radius 2 is 2.13 bits per heavy atom. The van der Waals surface area contributed by atoms with Gasteiger partial charge in [-0.15, -0.1) is 11.3 Å². The fourth-order valence-corrected chi connectivity index (χ4v) is 3.40. The number of nitrogens with one attached hydrogen (secondary N) is 1. The zero-order valence-corrected chi connectivity index (χ0v) is 14.2. The number of thiophene rings is 1. The molecule has 1 aliphatic rings. The minimum atomic E-state index is -0.403. The van der Waals surface area contributed by atoms with E-state index in [1.165, 1.54) is 0 Å². The largest absolute Gasteiger partial charge is 0.378 e. The van der Waals surface area contributed by atoms with E-state index in [4.69, 9.17) is 4.74 Å². The lowest BCUT2D eigenvalue weighted by atomic mass is 10.0. The Hall–Kier alpha value is -1.92. The van der Waals surface area contributed by atoms with Gasteiger partial charge in [0.05, 0.1) is 36.2 Å². The minimum Gasteiger partial charge on any atom is -0.378 e. The van der Waals surface area contributed by atoms with Crippen LogP contribution >= 0.6 is 11.3 Å². The highest BCUT2D eigenvalue weighted by Gasteiger charge is 2.25. The third kappa shape index (κ3) is 3.71. The van der Waals surface area contributed by atoms with Crippen molar-refractivity contribution in [1.29, 1.82) is 0 Å². The first-order valence-corrected chi connectivity index (χ1v) is 8.58. The molecule has 0 aromatic carbocycles. The Labute approximate surface area is 140 Å². The summed E-state index contributed by atoms with van der Waals surface area (Å²) in [5.74, 6) is -0.106. The van der Waals surface area contributed by atoms with E-state index in [0.717, 1.165) is 23.7 Å². The first-order valence-electron chi connectivity index (χ1n) is 7.70. The predicted octanol–water partition coefficient (Wildman–Crippen LogP) is 2.64. The number of carbonyl (C=O) groups excluding carboxylic acids is 1. The van der Waals surface area contributed by atoms with Crippen molar-refractivity contribution in [1.82, 2.24) is 10.3 Å². The third-order valence-corrected chi connectivity index (χ3v) is 5.12. The highest BCUT2D eigenvalue weighted by molar-refractivity contribution is 7.10. The maximum absolute atomic E-state index is 12.6. The normalized spacial score (nSPS) is 15.5. The molecule has 0 bridgehead atoms. The Kier molecular flexibility index (Phi) is 4.63. The maximum atomic E-state index is 12.6. The molecule has 1 aliphatic heterocycles. The fraction of sp³-hybridized carbons (Fsp3) is 0.412. The molecule has 0 radical (unpaired) electrons. The predicted molar refractivity (Wildman–Crippen MR) is 92.1 cm³/mol. The monoisotopic (exact) mass is 331 g/mol. The number of ether oxygens (including phenoxy) is 1. The Bertz CT molecular complexity index is 664. The van der Waals surface area contributed by atoms with Gasteiger partial charge >= 0.3 is 0 Å². The summed E-state index contributed by atoms with van der Waals surface area (Å²) in [6, 6.07) is 5.93. The van der Waals surface area contributed by atoms with Gasteiger partial charge in [0.25, 0.3) is 5.91 Å². The molecular weight excluding hydrogens is 310 g/mol. The van der Waals surface area contributed by atoms with Crippen LogP contribution in [0.15, 0.2) is 36.0 Å². The van der Waals surface area contributed by atoms with Gasteiger partial charge in [0.15, 0.2) is 0 Å². The van der Waals surface area contributed by atoms with E-state index in [1.54, 1.807) is 23.7 Å². The molecule has 1 amide bonds. The Balaban J connectivity index is 1.74. The zero-order chi connectivity index (χ0) is 16.3. The van der Waals surface area contributed by atoms with Crippen molar-refractivity contribution in [3.63, 3.8) is 0 Å². The molecule has 122 valence electrons. The van der Waals surface area contributed by atoms with E-state index in [2.05, 4.69) is 15.2 Å². The number of morpholine rings is 1. The number of anilines is 1. The molecular formula is C17H21N3O2S. The second kappa shape index (κ2) is 6.68. The molecule has 0 unspecified atom stereocenters. The summed E-state index contributed by atoms with van der Waals surface area (Å²) >= 11 is 1.64. The molecule has 23 heavy (non-hydrogen) atoms. The molecule has 3 rings (SSSR count). The number of amides is 1. The van der Waals surface area contributed by atoms with Gasteiger partial charge in [-0.3, -0.25) is 9.78 Å². The summed E-state index contributed by atoms with van der Waals surface area (Å²) in [6.07, 6.45) is 3.41. The first kappa shape index (κ1) is 16.0. The second-order valence-corrected chi connectivity index (χ2v) is 7.04. The van der Waals surface area contributed by atoms with E-state index in [1.807, 2.05) is 37.4 Å². The molecule has 2 aromatic heterocycles. The van der Waals surface area contributed by atoms with Gasteiger partial charge in [0.1, 0.15) is 0 Å². The summed E-state index contributed by atoms with van der Waals surface area (Å²) in [5.41, 5.74) is 1.15. The summed E-state index contributed by atoms with van der Waals surface area (Å²) in [6.45, 7) is 7.09. The van der Waals surface area contributed by atoms with Gasteiger partial charge in [0, 0.05) is 24.2 Å². The number of rotatable bonds is 4. The number of aromatic nitrogens is 1. The van der Waals surface area contributed by atoms with Crippen LogP contribution in [0.2, 0.25) is 0 Å². The van der Waals surface area contributed by atoms with Gasteiger partial charge in [-0.2, -0.15) is 0 Å². The highest BCUT2D eigenvalue weighted by Crippen LogP contribution is 2.25. The molecule has 2 aromatic rings. The lowest BCUT2D eigenvalue weighted by Crippen LogP contribution is -2.40. The molecule has 6 heteroatoms. The van der Waals surface area contributed by atoms with Crippen molar-refractivity contribution in [3.8, 4) is 0 Å². The molecule has 5 nitrogen and oxygen atoms in total. The van der Waals surface area contributed by atoms with Crippen LogP contribution in [0.1, 0.15) is 29.1 Å². The van der Waals surface area contributed by atoms with Gasteiger partial charge in [-0.1, -0.05) is 6.07 Å². The lowest BCUT2D eigenvalue weighted by Gasteiger charge is -2.29. The van der Waals surface area contributed by atoms with Crippen LogP contribution in [-0.4, -0.2) is 37.2 Å². The van der Waals surface area contributed by atoms with Crippen LogP contribution in [0.3, 0.4) is 0 Å². The minimum absolute atomic E-state index is 0.106. The first-order chi connectivity index (χ1) is 11.1. The topological polar surface area (TPSA) is 54.5 Å². The second-order valence-electron chi connectivity index (χ2n) is 6.09. The number of carbonyl (C=O) groups is 1. The van der Waals surface area contributed by atoms with E-state index >= 15 is 0 Å². The van der Waals surface area contributed by atoms with Gasteiger partial charge in [-0.05, 0) is 31.4 Å². The van der Waals surface area contributed by atoms with Crippen molar-refractivity contribution >= 4 is 22.9 Å². The summed E-state index contributed by atoms with van der Waals surface area (Å²) in [7, 11) is 0. The maximum Gasteiger partial charge on any atom is 0.253 e. The number of pyridine rings is 1. The van der Waals surface area contributed by atoms with E-state index in [0.29, 0.717) is 18.8 Å². The van der Waals surface area contributed by atoms with E-state index in [9.17, 15) is 4.79 Å². The van der Waals surface area contributed by atoms with E-state index in [-0.39, 0.29) is 5.91 Å². The molecule has 1 N–H and O–H groups in total. The van der Waals surface area contributed by atoms with Crippen molar-refractivity contribution in [2.24, 2.45) is 0 Å². The van der Waals surface area contributed by atoms with Crippen molar-refractivity contribution in [2.75, 3.05) is 31.2 Å². The number of hydrogen-bond donors (Lipinski definition) is 1. The number of nitrogens with zero attached hydrogens (tertiary/aromatic N) is 2. The van der Waals surface area contributed by atoms with Crippen LogP contribution < -0.4 is 10.2 Å². The third-order valence-electron chi connectivity index (χ3n) is 3.93. The Morgan fingerprint density at radius 3 is 2.83 bits per heavy atom. The lowest BCUT2D eigenvalue weighted by molar-refractivity contribution is 0.0913.